The van der Waals surface area contributed by atoms with Gasteiger partial charge in [0.15, 0.2) is 0 Å². The maximum Gasteiger partial charge on any atom is 0.317 e. The molecule has 0 aliphatic carbocycles. The first kappa shape index (κ1) is 14.8. The summed E-state index contributed by atoms with van der Waals surface area (Å²) < 4.78 is 0. The van der Waals surface area contributed by atoms with Crippen LogP contribution in [0, 0.1) is 5.92 Å². The van der Waals surface area contributed by atoms with Crippen LogP contribution >= 0.6 is 11.3 Å². The van der Waals surface area contributed by atoms with Crippen LogP contribution in [0.3, 0.4) is 0 Å². The lowest BCUT2D eigenvalue weighted by molar-refractivity contribution is -0.142. The predicted octanol–water partition coefficient (Wildman–Crippen LogP) is 2.18. The van der Waals surface area contributed by atoms with Gasteiger partial charge in [-0.15, -0.1) is 0 Å². The molecule has 2 heterocycles. The van der Waals surface area contributed by atoms with Crippen LogP contribution in [0.5, 0.6) is 0 Å². The second-order valence-corrected chi connectivity index (χ2v) is 6.13. The van der Waals surface area contributed by atoms with Gasteiger partial charge in [0.2, 0.25) is 0 Å². The molecule has 0 aromatic carbocycles. The van der Waals surface area contributed by atoms with Gasteiger partial charge in [0, 0.05) is 18.6 Å². The first-order valence-electron chi connectivity index (χ1n) is 6.80. The highest BCUT2D eigenvalue weighted by molar-refractivity contribution is 7.07. The molecule has 2 N–H and O–H groups in total. The molecule has 3 unspecified atom stereocenters. The summed E-state index contributed by atoms with van der Waals surface area (Å²) >= 11 is 1.64. The molecule has 1 aromatic heterocycles. The van der Waals surface area contributed by atoms with Crippen molar-refractivity contribution in [3.8, 4) is 0 Å². The van der Waals surface area contributed by atoms with Crippen LogP contribution in [0.25, 0.3) is 0 Å². The van der Waals surface area contributed by atoms with E-state index >= 15 is 0 Å². The Kier molecular flexibility index (Phi) is 4.65. The van der Waals surface area contributed by atoms with Crippen LogP contribution in [0.4, 0.5) is 4.79 Å². The van der Waals surface area contributed by atoms with E-state index in [1.165, 1.54) is 5.56 Å². The van der Waals surface area contributed by atoms with Crippen LogP contribution in [-0.2, 0) is 11.2 Å². The van der Waals surface area contributed by atoms with E-state index in [0.717, 1.165) is 6.42 Å². The zero-order valence-corrected chi connectivity index (χ0v) is 12.5. The highest BCUT2D eigenvalue weighted by Gasteiger charge is 2.38. The summed E-state index contributed by atoms with van der Waals surface area (Å²) in [5, 5.41) is 16.1. The Bertz CT molecular complexity index is 475. The van der Waals surface area contributed by atoms with Gasteiger partial charge in [0.1, 0.15) is 0 Å². The number of hydrogen-bond acceptors (Lipinski definition) is 3. The van der Waals surface area contributed by atoms with Gasteiger partial charge in [-0.2, -0.15) is 11.3 Å². The maximum absolute atomic E-state index is 12.2. The molecule has 3 atom stereocenters. The Hall–Kier alpha value is -1.56. The molecule has 20 heavy (non-hydrogen) atoms. The number of hydrogen-bond donors (Lipinski definition) is 2. The summed E-state index contributed by atoms with van der Waals surface area (Å²) in [4.78, 5) is 24.9. The normalized spacial score (nSPS) is 23.6. The number of nitrogens with one attached hydrogen (secondary N) is 1. The smallest absolute Gasteiger partial charge is 0.317 e. The maximum atomic E-state index is 12.2. The third-order valence-corrected chi connectivity index (χ3v) is 4.56. The molecular formula is C14H20N2O3S. The average Bonchev–Trinajstić information content (AvgIpc) is 2.97. The van der Waals surface area contributed by atoms with Crippen molar-refractivity contribution in [1.29, 1.82) is 0 Å². The van der Waals surface area contributed by atoms with Crippen LogP contribution in [-0.4, -0.2) is 40.6 Å². The molecule has 2 amide bonds. The van der Waals surface area contributed by atoms with Gasteiger partial charge in [0.25, 0.3) is 0 Å². The van der Waals surface area contributed by atoms with E-state index in [2.05, 4.69) is 10.7 Å². The zero-order chi connectivity index (χ0) is 14.7. The third kappa shape index (κ3) is 3.30. The van der Waals surface area contributed by atoms with E-state index in [9.17, 15) is 9.59 Å². The Morgan fingerprint density at radius 1 is 1.60 bits per heavy atom. The fourth-order valence-electron chi connectivity index (χ4n) is 2.66. The Balaban J connectivity index is 1.87. The number of amides is 2. The number of thiophene rings is 1. The van der Waals surface area contributed by atoms with Gasteiger partial charge >= 0.3 is 12.0 Å². The van der Waals surface area contributed by atoms with E-state index in [-0.39, 0.29) is 18.1 Å². The summed E-state index contributed by atoms with van der Waals surface area (Å²) in [5.74, 6) is -1.27. The minimum atomic E-state index is -0.820. The minimum absolute atomic E-state index is 0.0354. The number of carboxylic acid groups (broad SMARTS) is 1. The zero-order valence-electron chi connectivity index (χ0n) is 11.7. The van der Waals surface area contributed by atoms with Gasteiger partial charge in [-0.1, -0.05) is 0 Å². The molecule has 1 aromatic rings. The van der Waals surface area contributed by atoms with Gasteiger partial charge in [0.05, 0.1) is 5.92 Å². The molecule has 0 saturated carbocycles. The molecule has 1 fully saturated rings. The molecule has 0 spiro atoms. The number of carboxylic acids is 1. The lowest BCUT2D eigenvalue weighted by atomic mass is 10.0. The number of carbonyl (C=O) groups excluding carboxylic acids is 1. The number of aliphatic carboxylic acids is 1. The van der Waals surface area contributed by atoms with Crippen molar-refractivity contribution in [1.82, 2.24) is 10.2 Å². The Labute approximate surface area is 122 Å². The van der Waals surface area contributed by atoms with Crippen molar-refractivity contribution in [2.45, 2.75) is 38.8 Å². The van der Waals surface area contributed by atoms with Crippen molar-refractivity contribution in [2.24, 2.45) is 5.92 Å². The number of carbonyl (C=O) groups is 2. The van der Waals surface area contributed by atoms with E-state index in [4.69, 9.17) is 5.11 Å². The van der Waals surface area contributed by atoms with Crippen LogP contribution in [0.2, 0.25) is 0 Å². The first-order chi connectivity index (χ1) is 9.49. The fraction of sp³-hybridized carbons (Fsp3) is 0.571. The van der Waals surface area contributed by atoms with Gasteiger partial charge in [-0.25, -0.2) is 4.79 Å². The second-order valence-electron chi connectivity index (χ2n) is 5.35. The van der Waals surface area contributed by atoms with Crippen LogP contribution in [0.1, 0.15) is 25.8 Å². The van der Waals surface area contributed by atoms with E-state index in [1.54, 1.807) is 23.2 Å². The summed E-state index contributed by atoms with van der Waals surface area (Å²) in [7, 11) is 0. The molecule has 0 radical (unpaired) electrons. The SMILES string of the molecule is CC(Cc1ccsc1)NC(=O)N1CCC(C(=O)O)C1C. The molecule has 0 bridgehead atoms. The molecular weight excluding hydrogens is 276 g/mol. The molecule has 1 aliphatic rings. The van der Waals surface area contributed by atoms with Gasteiger partial charge < -0.3 is 15.3 Å². The number of urea groups is 1. The summed E-state index contributed by atoms with van der Waals surface area (Å²) in [6.07, 6.45) is 1.32. The molecule has 1 saturated heterocycles. The average molecular weight is 296 g/mol. The largest absolute Gasteiger partial charge is 0.481 e. The van der Waals surface area contributed by atoms with E-state index in [0.29, 0.717) is 13.0 Å². The summed E-state index contributed by atoms with van der Waals surface area (Å²) in [6, 6.07) is 1.67. The molecule has 6 heteroatoms. The fourth-order valence-corrected chi connectivity index (χ4v) is 3.35. The summed E-state index contributed by atoms with van der Waals surface area (Å²) in [5.41, 5.74) is 1.21. The highest BCUT2D eigenvalue weighted by Crippen LogP contribution is 2.24. The lowest BCUT2D eigenvalue weighted by Crippen LogP contribution is -2.47. The third-order valence-electron chi connectivity index (χ3n) is 3.82. The molecule has 2 rings (SSSR count). The first-order valence-corrected chi connectivity index (χ1v) is 7.74. The lowest BCUT2D eigenvalue weighted by Gasteiger charge is -2.25. The molecule has 1 aliphatic heterocycles. The van der Waals surface area contributed by atoms with Crippen molar-refractivity contribution in [2.75, 3.05) is 6.54 Å². The van der Waals surface area contributed by atoms with Crippen molar-refractivity contribution in [3.05, 3.63) is 22.4 Å². The molecule has 5 nitrogen and oxygen atoms in total. The van der Waals surface area contributed by atoms with Crippen LogP contribution < -0.4 is 5.32 Å². The monoisotopic (exact) mass is 296 g/mol. The Morgan fingerprint density at radius 3 is 2.90 bits per heavy atom. The quantitative estimate of drug-likeness (QED) is 0.894. The van der Waals surface area contributed by atoms with Crippen molar-refractivity contribution >= 4 is 23.3 Å². The van der Waals surface area contributed by atoms with Crippen molar-refractivity contribution in [3.63, 3.8) is 0 Å². The van der Waals surface area contributed by atoms with E-state index < -0.39 is 11.9 Å². The topological polar surface area (TPSA) is 69.6 Å². The Morgan fingerprint density at radius 2 is 2.35 bits per heavy atom. The van der Waals surface area contributed by atoms with Gasteiger partial charge in [-0.3, -0.25) is 4.79 Å². The van der Waals surface area contributed by atoms with Gasteiger partial charge in [-0.05, 0) is 49.1 Å². The highest BCUT2D eigenvalue weighted by atomic mass is 32.1. The summed E-state index contributed by atoms with van der Waals surface area (Å²) in [6.45, 7) is 4.27. The number of rotatable bonds is 4. The second kappa shape index (κ2) is 6.26. The van der Waals surface area contributed by atoms with E-state index in [1.807, 2.05) is 18.4 Å². The number of likely N-dealkylation sites (tertiary alicyclic amines) is 1. The molecule has 110 valence electrons. The van der Waals surface area contributed by atoms with Crippen molar-refractivity contribution < 1.29 is 14.7 Å². The number of nitrogens with zero attached hydrogens (tertiary/aromatic N) is 1. The van der Waals surface area contributed by atoms with Crippen LogP contribution in [0.15, 0.2) is 16.8 Å². The standard InChI is InChI=1S/C14H20N2O3S/c1-9(7-11-4-6-20-8-11)15-14(19)16-5-3-12(10(16)2)13(17)18/h4,6,8-10,12H,3,5,7H2,1-2H3,(H,15,19)(H,17,18). The minimum Gasteiger partial charge on any atom is -0.481 e. The predicted molar refractivity (Wildman–Crippen MR) is 77.9 cm³/mol.